The summed E-state index contributed by atoms with van der Waals surface area (Å²) in [6.45, 7) is 3.02. The van der Waals surface area contributed by atoms with Crippen molar-refractivity contribution in [3.8, 4) is 0 Å². The number of amides is 1. The van der Waals surface area contributed by atoms with Crippen molar-refractivity contribution in [3.05, 3.63) is 35.4 Å². The molecule has 2 aliphatic rings. The minimum absolute atomic E-state index is 0.0469. The van der Waals surface area contributed by atoms with E-state index in [9.17, 15) is 14.4 Å². The summed E-state index contributed by atoms with van der Waals surface area (Å²) >= 11 is 0. The summed E-state index contributed by atoms with van der Waals surface area (Å²) in [6, 6.07) is 7.06. The van der Waals surface area contributed by atoms with E-state index in [1.807, 2.05) is 6.07 Å². The van der Waals surface area contributed by atoms with Crippen molar-refractivity contribution in [2.75, 3.05) is 26.3 Å². The van der Waals surface area contributed by atoms with Crippen LogP contribution >= 0.6 is 0 Å². The molecule has 1 aliphatic heterocycles. The van der Waals surface area contributed by atoms with Crippen LogP contribution < -0.4 is 5.32 Å². The van der Waals surface area contributed by atoms with Crippen LogP contribution in [0.2, 0.25) is 0 Å². The third-order valence-electron chi connectivity index (χ3n) is 5.18. The second-order valence-electron chi connectivity index (χ2n) is 7.15. The number of aliphatic imine (C=N–C) groups is 1. The first-order valence-corrected chi connectivity index (χ1v) is 9.79. The Hall–Kier alpha value is -2.70. The lowest BCUT2D eigenvalue weighted by Crippen LogP contribution is -2.34. The van der Waals surface area contributed by atoms with Gasteiger partial charge in [-0.3, -0.25) is 14.4 Å². The molecular weight excluding hydrogens is 360 g/mol. The first kappa shape index (κ1) is 20.0. The van der Waals surface area contributed by atoms with Gasteiger partial charge in [0, 0.05) is 17.0 Å². The zero-order valence-electron chi connectivity index (χ0n) is 16.1. The maximum Gasteiger partial charge on any atom is 0.309 e. The monoisotopic (exact) mass is 386 g/mol. The van der Waals surface area contributed by atoms with E-state index in [0.29, 0.717) is 31.0 Å². The summed E-state index contributed by atoms with van der Waals surface area (Å²) in [5.41, 5.74) is 1.26. The maximum absolute atomic E-state index is 12.3. The van der Waals surface area contributed by atoms with Crippen molar-refractivity contribution in [2.24, 2.45) is 16.8 Å². The Kier molecular flexibility index (Phi) is 6.79. The van der Waals surface area contributed by atoms with Gasteiger partial charge in [-0.15, -0.1) is 0 Å². The zero-order chi connectivity index (χ0) is 19.9. The molecule has 1 saturated carbocycles. The topological polar surface area (TPSA) is 94.1 Å². The van der Waals surface area contributed by atoms with Gasteiger partial charge in [0.25, 0.3) is 5.91 Å². The van der Waals surface area contributed by atoms with Crippen molar-refractivity contribution in [2.45, 2.75) is 32.6 Å². The van der Waals surface area contributed by atoms with Crippen LogP contribution in [0.4, 0.5) is 0 Å². The lowest BCUT2D eigenvalue weighted by Gasteiger charge is -2.27. The molecule has 1 amide bonds. The van der Waals surface area contributed by atoms with E-state index < -0.39 is 0 Å². The molecule has 0 bridgehead atoms. The number of carbonyl (C=O) groups is 3. The molecule has 1 N–H and O–H groups in total. The van der Waals surface area contributed by atoms with Gasteiger partial charge in [0.15, 0.2) is 0 Å². The van der Waals surface area contributed by atoms with Crippen LogP contribution in [0.15, 0.2) is 29.3 Å². The molecule has 28 heavy (non-hydrogen) atoms. The predicted molar refractivity (Wildman–Crippen MR) is 103 cm³/mol. The van der Waals surface area contributed by atoms with E-state index in [1.54, 1.807) is 18.2 Å². The lowest BCUT2D eigenvalue weighted by atomic mass is 9.77. The Morgan fingerprint density at radius 3 is 2.71 bits per heavy atom. The number of carbonyl (C=O) groups excluding carboxylic acids is 3. The highest BCUT2D eigenvalue weighted by Crippen LogP contribution is 2.31. The van der Waals surface area contributed by atoms with Crippen LogP contribution in [0.3, 0.4) is 0 Å². The molecule has 0 aromatic heterocycles. The number of hydrogen-bond acceptors (Lipinski definition) is 6. The van der Waals surface area contributed by atoms with Gasteiger partial charge >= 0.3 is 5.97 Å². The van der Waals surface area contributed by atoms with Crippen molar-refractivity contribution in [3.63, 3.8) is 0 Å². The Bertz CT molecular complexity index is 774. The fourth-order valence-electron chi connectivity index (χ4n) is 3.73. The summed E-state index contributed by atoms with van der Waals surface area (Å²) in [5, 5.41) is 2.75. The van der Waals surface area contributed by atoms with Gasteiger partial charge in [0.2, 0.25) is 5.90 Å². The molecule has 7 nitrogen and oxygen atoms in total. The third kappa shape index (κ3) is 4.97. The molecule has 1 heterocycles. The van der Waals surface area contributed by atoms with Crippen LogP contribution in [-0.4, -0.2) is 49.9 Å². The smallest absolute Gasteiger partial charge is 0.309 e. The second kappa shape index (κ2) is 9.48. The van der Waals surface area contributed by atoms with Crippen LogP contribution in [0.25, 0.3) is 0 Å². The van der Waals surface area contributed by atoms with Crippen molar-refractivity contribution in [1.29, 1.82) is 0 Å². The van der Waals surface area contributed by atoms with Gasteiger partial charge in [-0.05, 0) is 38.0 Å². The molecule has 1 fully saturated rings. The highest BCUT2D eigenvalue weighted by atomic mass is 16.5. The summed E-state index contributed by atoms with van der Waals surface area (Å²) in [7, 11) is 0. The fraction of sp³-hybridized carbons (Fsp3) is 0.524. The van der Waals surface area contributed by atoms with Gasteiger partial charge in [-0.1, -0.05) is 18.9 Å². The fourth-order valence-corrected chi connectivity index (χ4v) is 3.73. The minimum atomic E-state index is -0.356. The van der Waals surface area contributed by atoms with E-state index in [4.69, 9.17) is 9.47 Å². The second-order valence-corrected chi connectivity index (χ2v) is 7.15. The average Bonchev–Trinajstić information content (AvgIpc) is 3.26. The van der Waals surface area contributed by atoms with Gasteiger partial charge in [0.05, 0.1) is 19.0 Å². The number of nitrogens with one attached hydrogen (secondary N) is 1. The van der Waals surface area contributed by atoms with Crippen LogP contribution in [-0.2, 0) is 19.1 Å². The molecule has 150 valence electrons. The van der Waals surface area contributed by atoms with E-state index >= 15 is 0 Å². The highest BCUT2D eigenvalue weighted by Gasteiger charge is 2.34. The number of Topliss-reactive ketones (excluding diaryl/α,β-unsaturated/α-hetero) is 1. The number of esters is 1. The number of hydrogen-bond donors (Lipinski definition) is 1. The Morgan fingerprint density at radius 2 is 2.00 bits per heavy atom. The van der Waals surface area contributed by atoms with E-state index in [1.165, 1.54) is 6.92 Å². The molecule has 0 radical (unpaired) electrons. The molecule has 1 aromatic rings. The summed E-state index contributed by atoms with van der Waals surface area (Å²) < 4.78 is 10.7. The minimum Gasteiger partial charge on any atom is -0.476 e. The molecule has 1 aliphatic carbocycles. The summed E-state index contributed by atoms with van der Waals surface area (Å²) in [4.78, 5) is 40.6. The van der Waals surface area contributed by atoms with Crippen LogP contribution in [0.5, 0.6) is 0 Å². The molecule has 0 spiro atoms. The SMILES string of the molecule is CC(=O)C1CCCCC1C(=O)OCCNC(=O)c1cccc(C2=NCCO2)c1. The molecule has 3 rings (SSSR count). The number of nitrogens with zero attached hydrogens (tertiary/aromatic N) is 1. The van der Waals surface area contributed by atoms with Crippen molar-refractivity contribution < 1.29 is 23.9 Å². The largest absolute Gasteiger partial charge is 0.476 e. The van der Waals surface area contributed by atoms with Crippen LogP contribution in [0, 0.1) is 11.8 Å². The molecule has 2 atom stereocenters. The molecule has 0 saturated heterocycles. The number of benzene rings is 1. The van der Waals surface area contributed by atoms with E-state index in [0.717, 1.165) is 24.8 Å². The number of ether oxygens (including phenoxy) is 2. The van der Waals surface area contributed by atoms with Gasteiger partial charge < -0.3 is 14.8 Å². The normalized spacial score (nSPS) is 21.4. The maximum atomic E-state index is 12.3. The van der Waals surface area contributed by atoms with Crippen LogP contribution in [0.1, 0.15) is 48.5 Å². The third-order valence-corrected chi connectivity index (χ3v) is 5.18. The molecule has 1 aromatic carbocycles. The average molecular weight is 386 g/mol. The number of ketones is 1. The number of rotatable bonds is 7. The Morgan fingerprint density at radius 1 is 1.21 bits per heavy atom. The van der Waals surface area contributed by atoms with E-state index in [-0.39, 0.29) is 42.6 Å². The van der Waals surface area contributed by atoms with Crippen molar-refractivity contribution in [1.82, 2.24) is 5.32 Å². The van der Waals surface area contributed by atoms with Crippen molar-refractivity contribution >= 4 is 23.6 Å². The Balaban J connectivity index is 1.46. The van der Waals surface area contributed by atoms with Gasteiger partial charge in [-0.2, -0.15) is 0 Å². The molecular formula is C21H26N2O5. The lowest BCUT2D eigenvalue weighted by molar-refractivity contribution is -0.153. The van der Waals surface area contributed by atoms with E-state index in [2.05, 4.69) is 10.3 Å². The quantitative estimate of drug-likeness (QED) is 0.572. The summed E-state index contributed by atoms with van der Waals surface area (Å²) in [6.07, 6.45) is 3.34. The Labute approximate surface area is 164 Å². The molecule has 2 unspecified atom stereocenters. The zero-order valence-corrected chi connectivity index (χ0v) is 16.1. The highest BCUT2D eigenvalue weighted by molar-refractivity contribution is 6.00. The standard InChI is InChI=1S/C21H26N2O5/c1-14(24)17-7-2-3-8-18(17)21(26)28-12-9-22-19(25)15-5-4-6-16(13-15)20-23-10-11-27-20/h4-6,13,17-18H,2-3,7-12H2,1H3,(H,22,25). The first-order valence-electron chi connectivity index (χ1n) is 9.79. The summed E-state index contributed by atoms with van der Waals surface area (Å²) in [5.74, 6) is -0.588. The predicted octanol–water partition coefficient (Wildman–Crippen LogP) is 2.13. The first-order chi connectivity index (χ1) is 13.6. The van der Waals surface area contributed by atoms with Gasteiger partial charge in [0.1, 0.15) is 19.0 Å². The van der Waals surface area contributed by atoms with Gasteiger partial charge in [-0.25, -0.2) is 4.99 Å². The molecule has 7 heteroatoms.